The minimum Gasteiger partial charge on any atom is -0.311 e. The van der Waals surface area contributed by atoms with Gasteiger partial charge in [0.1, 0.15) is 0 Å². The molecule has 0 unspecified atom stereocenters. The minimum atomic E-state index is 0.00426. The lowest BCUT2D eigenvalue weighted by atomic mass is 9.34. The maximum Gasteiger partial charge on any atom is 0.242 e. The number of aryl methyl sites for hydroxylation is 12. The SMILES string of the molecule is Cc1cc(C)c(B(c2ccc(C#Cc3cc(-c4ccc(/C(=C(\c5ccccc5)c5ccc(N(c6ccccc6)c6ccccc6)cc5)c5ccccc5)cc4)c(C#Cc4ccc(B(c5c(C)cc(C)cc5C)c5c(C)cc(C)cc5C)cc4)cc3-c3ccc(/C(=C(/c4ccccc4)c4ccc(N(c5ccccc5)c5ccccc5)cc4)c4ccccc4)cc3)cc2)c2c(C)cc(C)cc2C)c(C)c1. The predicted octanol–water partition coefficient (Wildman–Crippen LogP) is 29.5. The summed E-state index contributed by atoms with van der Waals surface area (Å²) in [5.74, 6) is 15.5. The van der Waals surface area contributed by atoms with E-state index in [-0.39, 0.29) is 13.4 Å². The second-order valence-corrected chi connectivity index (χ2v) is 37.0. The van der Waals surface area contributed by atoms with Crippen LogP contribution < -0.4 is 42.6 Å². The smallest absolute Gasteiger partial charge is 0.242 e. The van der Waals surface area contributed by atoms with Gasteiger partial charge in [0.25, 0.3) is 0 Å². The minimum absolute atomic E-state index is 0.00426. The highest BCUT2D eigenvalue weighted by Crippen LogP contribution is 2.45. The highest BCUT2D eigenvalue weighted by molar-refractivity contribution is 6.97. The number of para-hydroxylation sites is 4. The molecule has 0 aromatic heterocycles. The molecule has 0 heterocycles. The molecule has 0 saturated carbocycles. The van der Waals surface area contributed by atoms with Crippen molar-refractivity contribution < 1.29 is 0 Å². The van der Waals surface area contributed by atoms with Crippen LogP contribution in [0.5, 0.6) is 0 Å². The van der Waals surface area contributed by atoms with Gasteiger partial charge in [-0.05, 0) is 281 Å². The van der Waals surface area contributed by atoms with Crippen molar-refractivity contribution >= 4 is 103 Å². The Morgan fingerprint density at radius 1 is 0.181 bits per heavy atom. The van der Waals surface area contributed by atoms with Gasteiger partial charge in [-0.25, -0.2) is 0 Å². The van der Waals surface area contributed by atoms with Crippen LogP contribution in [0.2, 0.25) is 0 Å². The number of benzene rings is 19. The summed E-state index contributed by atoms with van der Waals surface area (Å²) in [6.07, 6.45) is 0. The van der Waals surface area contributed by atoms with Crippen molar-refractivity contribution in [1.29, 1.82) is 0 Å². The van der Waals surface area contributed by atoms with Crippen LogP contribution in [0.25, 0.3) is 44.5 Å². The summed E-state index contributed by atoms with van der Waals surface area (Å²) >= 11 is 0. The average Bonchev–Trinajstić information content (AvgIpc) is 0.768. The highest BCUT2D eigenvalue weighted by atomic mass is 15.1. The molecular formula is C134H110B2N2. The lowest BCUT2D eigenvalue weighted by Gasteiger charge is -2.26. The van der Waals surface area contributed by atoms with Crippen LogP contribution in [0.4, 0.5) is 34.1 Å². The molecular weight excluding hydrogens is 1660 g/mol. The van der Waals surface area contributed by atoms with Gasteiger partial charge in [0.05, 0.1) is 0 Å². The third-order valence-corrected chi connectivity index (χ3v) is 27.0. The molecule has 0 spiro atoms. The van der Waals surface area contributed by atoms with Gasteiger partial charge in [-0.2, -0.15) is 0 Å². The van der Waals surface area contributed by atoms with E-state index in [1.807, 2.05) is 0 Å². The van der Waals surface area contributed by atoms with Crippen LogP contribution in [-0.2, 0) is 0 Å². The number of hydrogen-bond acceptors (Lipinski definition) is 2. The van der Waals surface area contributed by atoms with Gasteiger partial charge in [0, 0.05) is 56.4 Å². The third-order valence-electron chi connectivity index (χ3n) is 27.0. The van der Waals surface area contributed by atoms with Crippen LogP contribution in [0.3, 0.4) is 0 Å². The molecule has 0 saturated heterocycles. The van der Waals surface area contributed by atoms with Crippen LogP contribution in [0.1, 0.15) is 134 Å². The zero-order valence-electron chi connectivity index (χ0n) is 80.8. The number of hydrogen-bond donors (Lipinski definition) is 0. The van der Waals surface area contributed by atoms with Gasteiger partial charge in [0.15, 0.2) is 0 Å². The zero-order chi connectivity index (χ0) is 94.9. The Bertz CT molecular complexity index is 7070. The summed E-state index contributed by atoms with van der Waals surface area (Å²) in [6.45, 7) is 27.1. The normalized spacial score (nSPS) is 11.4. The standard InChI is InChI=1S/C134H110B2N2/c1-91-81-95(5)131(96(6)82-91)135(132-97(7)83-92(2)84-98(132)8)117-73-55-103(56-74-117)53-59-115-89-126(106-63-67-112(68-64-106)128(108-39-23-14-24-40-108)130(110-43-27-16-28-44-110)114-71-79-124(80-72-114)138(121-49-33-19-34-50-121)122-51-35-20-36-52-122)116(60-54-104-57-75-118(76-58-104)136(133-99(9)85-93(3)86-100(133)10)134-101(11)87-94(4)88-102(134)12)90-125(115)105-61-65-111(66-62-105)127(107-37-21-13-22-38-107)129(109-41-25-15-26-42-109)113-69-77-123(78-70-113)137(119-45-29-17-30-46-119)120-47-31-18-32-48-120/h13-52,55-58,61-90H,1-12H3/b129-127-,130-128+. The van der Waals surface area contributed by atoms with Gasteiger partial charge in [-0.3, -0.25) is 0 Å². The summed E-state index contributed by atoms with van der Waals surface area (Å²) in [6, 6.07) is 164. The Hall–Kier alpha value is -16.5. The van der Waals surface area contributed by atoms with E-state index in [9.17, 15) is 0 Å². The van der Waals surface area contributed by atoms with E-state index < -0.39 is 0 Å². The second-order valence-electron chi connectivity index (χ2n) is 37.0. The molecule has 0 aliphatic rings. The molecule has 0 amide bonds. The molecule has 0 fully saturated rings. The van der Waals surface area contributed by atoms with Crippen LogP contribution in [-0.4, -0.2) is 13.4 Å². The number of anilines is 6. The summed E-state index contributed by atoms with van der Waals surface area (Å²) < 4.78 is 0. The topological polar surface area (TPSA) is 6.48 Å². The molecule has 0 bridgehead atoms. The Morgan fingerprint density at radius 3 is 0.587 bits per heavy atom. The van der Waals surface area contributed by atoms with Crippen molar-refractivity contribution in [3.63, 3.8) is 0 Å². The summed E-state index contributed by atoms with van der Waals surface area (Å²) in [4.78, 5) is 4.65. The van der Waals surface area contributed by atoms with E-state index in [4.69, 9.17) is 0 Å². The molecule has 19 aromatic rings. The molecule has 19 aromatic carbocycles. The van der Waals surface area contributed by atoms with Gasteiger partial charge in [-0.1, -0.05) is 463 Å². The van der Waals surface area contributed by atoms with Crippen molar-refractivity contribution in [2.45, 2.75) is 83.1 Å². The first-order chi connectivity index (χ1) is 67.4. The molecule has 138 heavy (non-hydrogen) atoms. The lowest BCUT2D eigenvalue weighted by molar-refractivity contribution is 1.28. The summed E-state index contributed by atoms with van der Waals surface area (Å²) in [5.41, 5.74) is 50.4. The van der Waals surface area contributed by atoms with E-state index in [1.54, 1.807) is 0 Å². The molecule has 0 aliphatic carbocycles. The maximum atomic E-state index is 3.93. The zero-order valence-corrected chi connectivity index (χ0v) is 80.8. The van der Waals surface area contributed by atoms with Gasteiger partial charge in [0.2, 0.25) is 13.4 Å². The van der Waals surface area contributed by atoms with E-state index >= 15 is 0 Å². The molecule has 0 aliphatic heterocycles. The average molecular weight is 1770 g/mol. The van der Waals surface area contributed by atoms with Crippen molar-refractivity contribution in [3.05, 3.63) is 582 Å². The van der Waals surface area contributed by atoms with E-state index in [1.165, 1.54) is 99.5 Å². The van der Waals surface area contributed by atoms with E-state index in [0.29, 0.717) is 0 Å². The molecule has 0 N–H and O–H groups in total. The fraction of sp³-hybridized carbons (Fsp3) is 0.0896. The van der Waals surface area contributed by atoms with Crippen molar-refractivity contribution in [2.24, 2.45) is 0 Å². The van der Waals surface area contributed by atoms with E-state index in [0.717, 1.165) is 145 Å². The van der Waals surface area contributed by atoms with Crippen LogP contribution in [0.15, 0.2) is 449 Å². The first-order valence-electron chi connectivity index (χ1n) is 48.1. The molecule has 4 heteroatoms. The fourth-order valence-corrected chi connectivity index (χ4v) is 21.3. The van der Waals surface area contributed by atoms with Crippen molar-refractivity contribution in [2.75, 3.05) is 9.80 Å². The summed E-state index contributed by atoms with van der Waals surface area (Å²) in [7, 11) is 0. The fourth-order valence-electron chi connectivity index (χ4n) is 21.3. The Balaban J connectivity index is 0.810. The van der Waals surface area contributed by atoms with Gasteiger partial charge in [-0.15, -0.1) is 0 Å². The van der Waals surface area contributed by atoms with Crippen molar-refractivity contribution in [1.82, 2.24) is 0 Å². The molecule has 0 radical (unpaired) electrons. The maximum absolute atomic E-state index is 3.93. The van der Waals surface area contributed by atoms with Gasteiger partial charge < -0.3 is 9.80 Å². The number of rotatable bonds is 22. The monoisotopic (exact) mass is 1770 g/mol. The quantitative estimate of drug-likeness (QED) is 0.0379. The van der Waals surface area contributed by atoms with Gasteiger partial charge >= 0.3 is 0 Å². The molecule has 2 nitrogen and oxygen atoms in total. The third kappa shape index (κ3) is 19.5. The Kier molecular flexibility index (Phi) is 26.8. The lowest BCUT2D eigenvalue weighted by Crippen LogP contribution is -2.55. The predicted molar refractivity (Wildman–Crippen MR) is 592 cm³/mol. The van der Waals surface area contributed by atoms with E-state index in [2.05, 4.69) is 565 Å². The number of nitrogens with zero attached hydrogens (tertiary/aromatic N) is 2. The first kappa shape index (κ1) is 90.7. The largest absolute Gasteiger partial charge is 0.311 e. The van der Waals surface area contributed by atoms with Crippen LogP contribution >= 0.6 is 0 Å². The molecule has 662 valence electrons. The summed E-state index contributed by atoms with van der Waals surface area (Å²) in [5, 5.41) is 0. The Labute approximate surface area is 818 Å². The second kappa shape index (κ2) is 40.8. The Morgan fingerprint density at radius 2 is 0.370 bits per heavy atom. The highest BCUT2D eigenvalue weighted by Gasteiger charge is 2.32. The van der Waals surface area contributed by atoms with Crippen LogP contribution in [0, 0.1) is 107 Å². The van der Waals surface area contributed by atoms with Crippen molar-refractivity contribution in [3.8, 4) is 45.9 Å². The molecule has 19 rings (SSSR count). The first-order valence-corrected chi connectivity index (χ1v) is 48.1. The molecule has 0 atom stereocenters.